The van der Waals surface area contributed by atoms with E-state index in [1.165, 1.54) is 10.4 Å². The van der Waals surface area contributed by atoms with Crippen LogP contribution in [0.5, 0.6) is 0 Å². The number of nitrogens with zero attached hydrogens (tertiary/aromatic N) is 4. The fourth-order valence-corrected chi connectivity index (χ4v) is 5.23. The highest BCUT2D eigenvalue weighted by Crippen LogP contribution is 2.31. The first-order valence-electron chi connectivity index (χ1n) is 8.85. The Kier molecular flexibility index (Phi) is 6.43. The maximum atomic E-state index is 12.9. The third-order valence-corrected chi connectivity index (χ3v) is 7.54. The van der Waals surface area contributed by atoms with Gasteiger partial charge in [-0.05, 0) is 25.5 Å². The summed E-state index contributed by atoms with van der Waals surface area (Å²) in [6.07, 6.45) is 1.73. The zero-order valence-electron chi connectivity index (χ0n) is 15.2. The van der Waals surface area contributed by atoms with Crippen LogP contribution in [-0.4, -0.2) is 53.9 Å². The fraction of sp³-hybridized carbons (Fsp3) is 0.529. The van der Waals surface area contributed by atoms with Gasteiger partial charge in [-0.3, -0.25) is 4.90 Å². The van der Waals surface area contributed by atoms with Gasteiger partial charge in [0.1, 0.15) is 4.90 Å². The van der Waals surface area contributed by atoms with Crippen molar-refractivity contribution in [1.29, 1.82) is 0 Å². The molecule has 2 aromatic rings. The second-order valence-electron chi connectivity index (χ2n) is 6.47. The van der Waals surface area contributed by atoms with Crippen molar-refractivity contribution in [3.8, 4) is 0 Å². The van der Waals surface area contributed by atoms with Crippen LogP contribution in [0.2, 0.25) is 10.0 Å². The van der Waals surface area contributed by atoms with E-state index < -0.39 is 10.0 Å². The van der Waals surface area contributed by atoms with Gasteiger partial charge in [0, 0.05) is 32.6 Å². The minimum absolute atomic E-state index is 0.0410. The number of aromatic nitrogens is 2. The molecule has 3 rings (SSSR count). The van der Waals surface area contributed by atoms with Crippen molar-refractivity contribution in [2.24, 2.45) is 0 Å². The van der Waals surface area contributed by atoms with Gasteiger partial charge in [-0.1, -0.05) is 41.3 Å². The molecule has 1 aromatic heterocycles. The molecule has 10 heteroatoms. The van der Waals surface area contributed by atoms with Crippen molar-refractivity contribution in [3.63, 3.8) is 0 Å². The molecule has 0 amide bonds. The molecule has 1 atom stereocenters. The van der Waals surface area contributed by atoms with Crippen molar-refractivity contribution in [2.45, 2.75) is 37.6 Å². The summed E-state index contributed by atoms with van der Waals surface area (Å²) in [5.41, 5.74) is 0. The van der Waals surface area contributed by atoms with Crippen LogP contribution in [0, 0.1) is 0 Å². The Morgan fingerprint density at radius 3 is 2.59 bits per heavy atom. The number of halogens is 2. The maximum absolute atomic E-state index is 12.9. The quantitative estimate of drug-likeness (QED) is 0.695. The molecule has 148 valence electrons. The first-order valence-corrected chi connectivity index (χ1v) is 11.0. The highest BCUT2D eigenvalue weighted by molar-refractivity contribution is 7.89. The standard InChI is InChI=1S/C17H22Cl2N4O3S/c1-3-5-15-20-17(26-21-15)12(2)22-8-10-23(11-9-22)27(24,25)14-7-4-6-13(18)16(14)19/h4,6-7,12H,3,5,8-11H2,1-2H3. The lowest BCUT2D eigenvalue weighted by molar-refractivity contribution is 0.124. The number of aryl methyl sites for hydroxylation is 1. The van der Waals surface area contributed by atoms with Crippen LogP contribution in [0.3, 0.4) is 0 Å². The van der Waals surface area contributed by atoms with Crippen LogP contribution in [0.25, 0.3) is 0 Å². The third kappa shape index (κ3) is 4.30. The van der Waals surface area contributed by atoms with Gasteiger partial charge in [-0.2, -0.15) is 9.29 Å². The molecule has 0 saturated carbocycles. The van der Waals surface area contributed by atoms with Gasteiger partial charge in [0.2, 0.25) is 15.9 Å². The van der Waals surface area contributed by atoms with Gasteiger partial charge in [0.15, 0.2) is 5.82 Å². The number of piperazine rings is 1. The smallest absolute Gasteiger partial charge is 0.244 e. The normalized spacial score (nSPS) is 17.9. The Morgan fingerprint density at radius 2 is 1.93 bits per heavy atom. The van der Waals surface area contributed by atoms with Gasteiger partial charge in [0.25, 0.3) is 0 Å². The Labute approximate surface area is 169 Å². The largest absolute Gasteiger partial charge is 0.338 e. The van der Waals surface area contributed by atoms with E-state index in [1.54, 1.807) is 12.1 Å². The molecule has 0 spiro atoms. The van der Waals surface area contributed by atoms with Gasteiger partial charge in [-0.15, -0.1) is 0 Å². The summed E-state index contributed by atoms with van der Waals surface area (Å²) in [7, 11) is -3.69. The lowest BCUT2D eigenvalue weighted by Gasteiger charge is -2.36. The second-order valence-corrected chi connectivity index (χ2v) is 9.16. The molecule has 1 unspecified atom stereocenters. The second kappa shape index (κ2) is 8.45. The van der Waals surface area contributed by atoms with E-state index in [1.807, 2.05) is 6.92 Å². The molecule has 0 radical (unpaired) electrons. The zero-order chi connectivity index (χ0) is 19.6. The predicted octanol–water partition coefficient (Wildman–Crippen LogP) is 3.40. The Balaban J connectivity index is 1.68. The number of sulfonamides is 1. The van der Waals surface area contributed by atoms with Crippen LogP contribution in [0.4, 0.5) is 0 Å². The molecule has 0 N–H and O–H groups in total. The lowest BCUT2D eigenvalue weighted by Crippen LogP contribution is -2.49. The van der Waals surface area contributed by atoms with Crippen LogP contribution in [0.1, 0.15) is 38.0 Å². The molecule has 1 aromatic carbocycles. The highest BCUT2D eigenvalue weighted by Gasteiger charge is 2.33. The van der Waals surface area contributed by atoms with E-state index in [0.717, 1.165) is 12.8 Å². The van der Waals surface area contributed by atoms with E-state index in [0.29, 0.717) is 37.9 Å². The van der Waals surface area contributed by atoms with Gasteiger partial charge < -0.3 is 4.52 Å². The molecular formula is C17H22Cl2N4O3S. The van der Waals surface area contributed by atoms with Crippen molar-refractivity contribution in [3.05, 3.63) is 40.0 Å². The first-order chi connectivity index (χ1) is 12.8. The van der Waals surface area contributed by atoms with Gasteiger partial charge in [-0.25, -0.2) is 8.42 Å². The van der Waals surface area contributed by atoms with Crippen molar-refractivity contribution in [2.75, 3.05) is 26.2 Å². The monoisotopic (exact) mass is 432 g/mol. The minimum Gasteiger partial charge on any atom is -0.338 e. The van der Waals surface area contributed by atoms with Crippen LogP contribution in [-0.2, 0) is 16.4 Å². The maximum Gasteiger partial charge on any atom is 0.244 e. The predicted molar refractivity (Wildman–Crippen MR) is 104 cm³/mol. The molecule has 2 heterocycles. The molecule has 1 aliphatic rings. The molecule has 1 aliphatic heterocycles. The van der Waals surface area contributed by atoms with Crippen LogP contribution >= 0.6 is 23.2 Å². The van der Waals surface area contributed by atoms with Crippen molar-refractivity contribution >= 4 is 33.2 Å². The van der Waals surface area contributed by atoms with Gasteiger partial charge >= 0.3 is 0 Å². The SMILES string of the molecule is CCCc1noc(C(C)N2CCN(S(=O)(=O)c3cccc(Cl)c3Cl)CC2)n1. The fourth-order valence-electron chi connectivity index (χ4n) is 3.07. The summed E-state index contributed by atoms with van der Waals surface area (Å²) in [5.74, 6) is 1.27. The third-order valence-electron chi connectivity index (χ3n) is 4.67. The van der Waals surface area contributed by atoms with E-state index in [2.05, 4.69) is 22.0 Å². The molecular weight excluding hydrogens is 411 g/mol. The Hall–Kier alpha value is -1.19. The van der Waals surface area contributed by atoms with Crippen LogP contribution in [0.15, 0.2) is 27.6 Å². The van der Waals surface area contributed by atoms with Gasteiger partial charge in [0.05, 0.1) is 16.1 Å². The number of hydrogen-bond acceptors (Lipinski definition) is 6. The Bertz CT molecular complexity index is 895. The first kappa shape index (κ1) is 20.5. The summed E-state index contributed by atoms with van der Waals surface area (Å²) < 4.78 is 32.6. The topological polar surface area (TPSA) is 79.5 Å². The zero-order valence-corrected chi connectivity index (χ0v) is 17.6. The van der Waals surface area contributed by atoms with E-state index >= 15 is 0 Å². The molecule has 27 heavy (non-hydrogen) atoms. The van der Waals surface area contributed by atoms with E-state index in [-0.39, 0.29) is 21.0 Å². The summed E-state index contributed by atoms with van der Waals surface area (Å²) in [6, 6.07) is 4.57. The molecule has 7 nitrogen and oxygen atoms in total. The number of rotatable bonds is 6. The average molecular weight is 433 g/mol. The summed E-state index contributed by atoms with van der Waals surface area (Å²) in [6.45, 7) is 5.87. The Morgan fingerprint density at radius 1 is 1.22 bits per heavy atom. The minimum atomic E-state index is -3.69. The lowest BCUT2D eigenvalue weighted by atomic mass is 10.2. The molecule has 0 bridgehead atoms. The van der Waals surface area contributed by atoms with Crippen LogP contribution < -0.4 is 0 Å². The molecule has 1 fully saturated rings. The molecule has 1 saturated heterocycles. The van der Waals surface area contributed by atoms with Crippen molar-refractivity contribution in [1.82, 2.24) is 19.3 Å². The van der Waals surface area contributed by atoms with Crippen molar-refractivity contribution < 1.29 is 12.9 Å². The average Bonchev–Trinajstić information content (AvgIpc) is 3.12. The molecule has 0 aliphatic carbocycles. The van der Waals surface area contributed by atoms with E-state index in [4.69, 9.17) is 27.7 Å². The summed E-state index contributed by atoms with van der Waals surface area (Å²) in [4.78, 5) is 6.60. The highest BCUT2D eigenvalue weighted by atomic mass is 35.5. The number of hydrogen-bond donors (Lipinski definition) is 0. The van der Waals surface area contributed by atoms with E-state index in [9.17, 15) is 8.42 Å². The summed E-state index contributed by atoms with van der Waals surface area (Å²) in [5, 5.41) is 4.27. The summed E-state index contributed by atoms with van der Waals surface area (Å²) >= 11 is 12.1. The number of benzene rings is 1.